The molecule has 0 aromatic heterocycles. The number of amides is 2. The zero-order valence-electron chi connectivity index (χ0n) is 9.56. The number of carbonyl (C=O) groups excluding carboxylic acids is 1. The van der Waals surface area contributed by atoms with E-state index >= 15 is 0 Å². The van der Waals surface area contributed by atoms with Gasteiger partial charge < -0.3 is 10.5 Å². The number of primary amides is 1. The first-order valence-corrected chi connectivity index (χ1v) is 5.96. The van der Waals surface area contributed by atoms with E-state index in [0.29, 0.717) is 5.17 Å². The van der Waals surface area contributed by atoms with Gasteiger partial charge in [0.2, 0.25) is 0 Å². The van der Waals surface area contributed by atoms with Crippen LogP contribution in [0.25, 0.3) is 0 Å². The standard InChI is InChI=1S/C10H14N4O2S/c1-16-8-5-3-7(4-6-8)12-10(17-2)14-13-9(11)15/h3-6H,1-2H3,(H,12,14)(H3,11,13,15). The van der Waals surface area contributed by atoms with Crippen LogP contribution in [0.4, 0.5) is 10.5 Å². The molecule has 0 saturated heterocycles. The van der Waals surface area contributed by atoms with E-state index in [0.717, 1.165) is 11.4 Å². The van der Waals surface area contributed by atoms with E-state index in [1.165, 1.54) is 11.8 Å². The van der Waals surface area contributed by atoms with Crippen molar-refractivity contribution in [2.24, 2.45) is 10.7 Å². The molecular formula is C10H14N4O2S. The Bertz CT molecular complexity index is 405. The van der Waals surface area contributed by atoms with Crippen LogP contribution >= 0.6 is 11.8 Å². The molecule has 0 aliphatic heterocycles. The van der Waals surface area contributed by atoms with Gasteiger partial charge in [0.05, 0.1) is 12.8 Å². The quantitative estimate of drug-likeness (QED) is 0.420. The fourth-order valence-corrected chi connectivity index (χ4v) is 1.36. The van der Waals surface area contributed by atoms with Crippen molar-refractivity contribution in [3.8, 4) is 5.75 Å². The molecule has 0 atom stereocenters. The molecule has 0 aliphatic carbocycles. The normalized spacial score (nSPS) is 10.8. The number of hydrazine groups is 1. The highest BCUT2D eigenvalue weighted by atomic mass is 32.2. The van der Waals surface area contributed by atoms with E-state index in [1.54, 1.807) is 31.4 Å². The summed E-state index contributed by atoms with van der Waals surface area (Å²) in [4.78, 5) is 14.8. The number of amidine groups is 1. The maximum absolute atomic E-state index is 10.5. The van der Waals surface area contributed by atoms with Crippen LogP contribution in [0.2, 0.25) is 0 Å². The van der Waals surface area contributed by atoms with Gasteiger partial charge >= 0.3 is 6.03 Å². The summed E-state index contributed by atoms with van der Waals surface area (Å²) < 4.78 is 5.04. The molecule has 2 amide bonds. The number of ether oxygens (including phenoxy) is 1. The second-order valence-electron chi connectivity index (χ2n) is 2.93. The maximum Gasteiger partial charge on any atom is 0.330 e. The van der Waals surface area contributed by atoms with Gasteiger partial charge in [-0.05, 0) is 30.5 Å². The van der Waals surface area contributed by atoms with Crippen molar-refractivity contribution in [3.05, 3.63) is 24.3 Å². The Balaban J connectivity index is 2.71. The number of nitrogens with two attached hydrogens (primary N) is 1. The van der Waals surface area contributed by atoms with Gasteiger partial charge in [-0.15, -0.1) is 0 Å². The highest BCUT2D eigenvalue weighted by Crippen LogP contribution is 2.18. The Morgan fingerprint density at radius 3 is 2.47 bits per heavy atom. The SMILES string of the molecule is COc1ccc(N=C(NNC(N)=O)SC)cc1. The average Bonchev–Trinajstić information content (AvgIpc) is 2.35. The van der Waals surface area contributed by atoms with Gasteiger partial charge in [0.15, 0.2) is 5.17 Å². The van der Waals surface area contributed by atoms with Crippen molar-refractivity contribution in [1.29, 1.82) is 0 Å². The molecule has 0 bridgehead atoms. The lowest BCUT2D eigenvalue weighted by atomic mass is 10.3. The first-order valence-electron chi connectivity index (χ1n) is 4.74. The van der Waals surface area contributed by atoms with Crippen molar-refractivity contribution in [1.82, 2.24) is 10.9 Å². The predicted molar refractivity (Wildman–Crippen MR) is 69.5 cm³/mol. The van der Waals surface area contributed by atoms with Gasteiger partial charge in [-0.1, -0.05) is 11.8 Å². The van der Waals surface area contributed by atoms with Crippen LogP contribution in [0, 0.1) is 0 Å². The van der Waals surface area contributed by atoms with Gasteiger partial charge in [0, 0.05) is 0 Å². The van der Waals surface area contributed by atoms with E-state index in [4.69, 9.17) is 10.5 Å². The fraction of sp³-hybridized carbons (Fsp3) is 0.200. The lowest BCUT2D eigenvalue weighted by Gasteiger charge is -2.07. The summed E-state index contributed by atoms with van der Waals surface area (Å²) in [7, 11) is 1.60. The Labute approximate surface area is 104 Å². The first-order chi connectivity index (χ1) is 8.15. The Hall–Kier alpha value is -1.89. The summed E-state index contributed by atoms with van der Waals surface area (Å²) in [6, 6.07) is 6.56. The highest BCUT2D eigenvalue weighted by Gasteiger charge is 1.99. The van der Waals surface area contributed by atoms with Crippen LogP contribution in [-0.2, 0) is 0 Å². The Morgan fingerprint density at radius 1 is 1.35 bits per heavy atom. The van der Waals surface area contributed by atoms with Crippen molar-refractivity contribution < 1.29 is 9.53 Å². The fourth-order valence-electron chi connectivity index (χ4n) is 1.01. The molecule has 17 heavy (non-hydrogen) atoms. The molecule has 1 aromatic carbocycles. The highest BCUT2D eigenvalue weighted by molar-refractivity contribution is 8.13. The second-order valence-corrected chi connectivity index (χ2v) is 3.73. The molecule has 4 N–H and O–H groups in total. The molecule has 0 spiro atoms. The number of aliphatic imine (C=N–C) groups is 1. The number of nitrogens with one attached hydrogen (secondary N) is 2. The third-order valence-electron chi connectivity index (χ3n) is 1.79. The van der Waals surface area contributed by atoms with E-state index in [-0.39, 0.29) is 0 Å². The van der Waals surface area contributed by atoms with Crippen LogP contribution in [0.3, 0.4) is 0 Å². The minimum Gasteiger partial charge on any atom is -0.497 e. The topological polar surface area (TPSA) is 88.7 Å². The molecular weight excluding hydrogens is 240 g/mol. The molecule has 7 heteroatoms. The molecule has 0 unspecified atom stereocenters. The molecule has 0 fully saturated rings. The lowest BCUT2D eigenvalue weighted by Crippen LogP contribution is -2.43. The average molecular weight is 254 g/mol. The van der Waals surface area contributed by atoms with E-state index in [9.17, 15) is 4.79 Å². The number of carbonyl (C=O) groups is 1. The number of urea groups is 1. The molecule has 1 rings (SSSR count). The van der Waals surface area contributed by atoms with Crippen molar-refractivity contribution in [3.63, 3.8) is 0 Å². The van der Waals surface area contributed by atoms with Crippen molar-refractivity contribution >= 4 is 28.6 Å². The molecule has 0 radical (unpaired) electrons. The van der Waals surface area contributed by atoms with E-state index in [1.807, 2.05) is 6.26 Å². The number of nitrogens with zero attached hydrogens (tertiary/aromatic N) is 1. The zero-order chi connectivity index (χ0) is 12.7. The van der Waals surface area contributed by atoms with Gasteiger partial charge in [-0.3, -0.25) is 10.9 Å². The molecule has 6 nitrogen and oxygen atoms in total. The minimum atomic E-state index is -0.665. The monoisotopic (exact) mass is 254 g/mol. The van der Waals surface area contributed by atoms with Crippen molar-refractivity contribution in [2.45, 2.75) is 0 Å². The van der Waals surface area contributed by atoms with Gasteiger partial charge in [-0.2, -0.15) is 0 Å². The number of thioether (sulfide) groups is 1. The number of benzene rings is 1. The number of rotatable bonds is 2. The van der Waals surface area contributed by atoms with Crippen LogP contribution in [0.1, 0.15) is 0 Å². The van der Waals surface area contributed by atoms with Crippen LogP contribution in [-0.4, -0.2) is 24.6 Å². The first kappa shape index (κ1) is 13.2. The van der Waals surface area contributed by atoms with Gasteiger partial charge in [-0.25, -0.2) is 9.79 Å². The van der Waals surface area contributed by atoms with E-state index in [2.05, 4.69) is 15.8 Å². The number of methoxy groups -OCH3 is 1. The summed E-state index contributed by atoms with van der Waals surface area (Å²) in [5.74, 6) is 0.762. The Morgan fingerprint density at radius 2 is 2.00 bits per heavy atom. The van der Waals surface area contributed by atoms with Crippen LogP contribution < -0.4 is 21.3 Å². The third kappa shape index (κ3) is 4.64. The van der Waals surface area contributed by atoms with Crippen LogP contribution in [0.5, 0.6) is 5.75 Å². The summed E-state index contributed by atoms with van der Waals surface area (Å²) in [5, 5.41) is 0.536. The maximum atomic E-state index is 10.5. The molecule has 0 heterocycles. The molecule has 0 saturated carbocycles. The number of hydrogen-bond acceptors (Lipinski definition) is 4. The van der Waals surface area contributed by atoms with Crippen LogP contribution in [0.15, 0.2) is 29.3 Å². The van der Waals surface area contributed by atoms with Crippen molar-refractivity contribution in [2.75, 3.05) is 13.4 Å². The summed E-state index contributed by atoms with van der Waals surface area (Å²) in [6.07, 6.45) is 1.83. The van der Waals surface area contributed by atoms with E-state index < -0.39 is 6.03 Å². The molecule has 1 aromatic rings. The largest absolute Gasteiger partial charge is 0.497 e. The Kier molecular flexibility index (Phi) is 5.15. The summed E-state index contributed by atoms with van der Waals surface area (Å²) in [6.45, 7) is 0. The smallest absolute Gasteiger partial charge is 0.330 e. The minimum absolute atomic E-state index is 0.536. The lowest BCUT2D eigenvalue weighted by molar-refractivity contribution is 0.247. The third-order valence-corrected chi connectivity index (χ3v) is 2.37. The predicted octanol–water partition coefficient (Wildman–Crippen LogP) is 1.22. The number of hydrogen-bond donors (Lipinski definition) is 3. The zero-order valence-corrected chi connectivity index (χ0v) is 10.4. The van der Waals surface area contributed by atoms with Gasteiger partial charge in [0.1, 0.15) is 5.75 Å². The van der Waals surface area contributed by atoms with Gasteiger partial charge in [0.25, 0.3) is 0 Å². The molecule has 92 valence electrons. The second kappa shape index (κ2) is 6.64. The summed E-state index contributed by atoms with van der Waals surface area (Å²) in [5.41, 5.74) is 10.5. The molecule has 0 aliphatic rings. The summed E-state index contributed by atoms with van der Waals surface area (Å²) >= 11 is 1.35.